The third kappa shape index (κ3) is 7.23. The van der Waals surface area contributed by atoms with Crippen LogP contribution in [0.1, 0.15) is 50.1 Å². The number of hydrazine groups is 1. The number of carbonyl (C=O) groups is 2. The standard InChI is InChI=1S/C29H30F3N9O4S2/c1-28(2,3)44-27(43)40(47-32)26-39-23(17-12-29(17,46-26)25(42)35-4)16-10-15(7-8-18(16)30)11-19(31)21-13-38-22(14-37-21)45-41(34)24-20(33)6-5-9-36-24/h5-11,13-14,17,23H,12,33-34H2,1-4H3,(H,35,42)/b19-11-. The number of nitrogens with two attached hydrogens (primary N) is 2. The quantitative estimate of drug-likeness (QED) is 0.161. The van der Waals surface area contributed by atoms with Gasteiger partial charge in [-0.05, 0) is 63.1 Å². The topological polar surface area (TPSA) is 174 Å². The Kier molecular flexibility index (Phi) is 9.55. The highest BCUT2D eigenvalue weighted by molar-refractivity contribution is 8.17. The molecule has 2 amide bonds. The molecule has 0 saturated heterocycles. The molecular formula is C29H30F3N9O4S2. The maximum absolute atomic E-state index is 15.4. The van der Waals surface area contributed by atoms with Crippen molar-refractivity contribution in [1.29, 1.82) is 0 Å². The highest BCUT2D eigenvalue weighted by Crippen LogP contribution is 2.64. The van der Waals surface area contributed by atoms with Gasteiger partial charge in [-0.3, -0.25) is 9.79 Å². The van der Waals surface area contributed by atoms with E-state index in [9.17, 15) is 13.5 Å². The molecule has 18 heteroatoms. The number of amides is 2. The van der Waals surface area contributed by atoms with Gasteiger partial charge in [-0.1, -0.05) is 17.8 Å². The molecule has 0 bridgehead atoms. The van der Waals surface area contributed by atoms with E-state index < -0.39 is 52.4 Å². The number of nitrogens with zero attached hydrogens (tertiary/aromatic N) is 6. The van der Waals surface area contributed by atoms with Gasteiger partial charge in [-0.15, -0.1) is 9.06 Å². The van der Waals surface area contributed by atoms with E-state index >= 15 is 8.78 Å². The number of hydrogen-bond donors (Lipinski definition) is 3. The van der Waals surface area contributed by atoms with Gasteiger partial charge in [0.05, 0.1) is 24.1 Å². The molecule has 1 aromatic carbocycles. The van der Waals surface area contributed by atoms with Crippen molar-refractivity contribution in [2.75, 3.05) is 18.0 Å². The van der Waals surface area contributed by atoms with Gasteiger partial charge in [0.1, 0.15) is 21.9 Å². The fourth-order valence-corrected chi connectivity index (χ4v) is 6.60. The number of aromatic nitrogens is 3. The van der Waals surface area contributed by atoms with Crippen LogP contribution in [0.4, 0.5) is 29.0 Å². The van der Waals surface area contributed by atoms with Crippen LogP contribution in [-0.4, -0.2) is 53.8 Å². The summed E-state index contributed by atoms with van der Waals surface area (Å²) < 4.78 is 49.6. The molecule has 1 aliphatic carbocycles. The fourth-order valence-electron chi connectivity index (χ4n) is 4.81. The molecule has 1 fully saturated rings. The lowest BCUT2D eigenvalue weighted by atomic mass is 9.98. The molecular weight excluding hydrogens is 660 g/mol. The molecule has 1 saturated carbocycles. The van der Waals surface area contributed by atoms with Gasteiger partial charge in [0, 0.05) is 24.7 Å². The van der Waals surface area contributed by atoms with Crippen LogP contribution in [0.2, 0.25) is 0 Å². The van der Waals surface area contributed by atoms with E-state index in [1.807, 2.05) is 0 Å². The van der Waals surface area contributed by atoms with Crippen LogP contribution in [0.3, 0.4) is 0 Å². The number of ether oxygens (including phenoxy) is 1. The number of fused-ring (bicyclic) bond motifs is 1. The van der Waals surface area contributed by atoms with Crippen LogP contribution in [0.15, 0.2) is 53.9 Å². The van der Waals surface area contributed by atoms with Crippen molar-refractivity contribution in [3.8, 4) is 5.88 Å². The summed E-state index contributed by atoms with van der Waals surface area (Å²) in [7, 11) is 1.45. The number of benzene rings is 1. The molecule has 2 aliphatic rings. The summed E-state index contributed by atoms with van der Waals surface area (Å²) in [5, 5.41) is 3.21. The number of thioether (sulfide) groups is 1. The van der Waals surface area contributed by atoms with Crippen molar-refractivity contribution >= 4 is 64.7 Å². The minimum absolute atomic E-state index is 0.0276. The molecule has 0 radical (unpaired) electrons. The average molecular weight is 690 g/mol. The normalized spacial score (nSPS) is 20.4. The third-order valence-corrected chi connectivity index (χ3v) is 9.07. The van der Waals surface area contributed by atoms with Gasteiger partial charge in [-0.25, -0.2) is 34.4 Å². The number of pyridine rings is 1. The van der Waals surface area contributed by atoms with Crippen molar-refractivity contribution in [3.05, 3.63) is 71.6 Å². The van der Waals surface area contributed by atoms with Gasteiger partial charge < -0.3 is 20.6 Å². The second kappa shape index (κ2) is 13.3. The molecule has 5 rings (SSSR count). The number of aliphatic imine (C=N–C) groups is 1. The Morgan fingerprint density at radius 2 is 1.98 bits per heavy atom. The highest BCUT2D eigenvalue weighted by atomic mass is 32.2. The van der Waals surface area contributed by atoms with E-state index in [1.54, 1.807) is 32.9 Å². The zero-order valence-corrected chi connectivity index (χ0v) is 27.1. The number of nitrogens with one attached hydrogen (secondary N) is 1. The first-order valence-electron chi connectivity index (χ1n) is 14.0. The fraction of sp³-hybridized carbons (Fsp3) is 0.310. The number of carbonyl (C=O) groups excluding carboxylic acids is 2. The van der Waals surface area contributed by atoms with Gasteiger partial charge in [0.2, 0.25) is 11.7 Å². The number of hydrogen-bond acceptors (Lipinski definition) is 13. The largest absolute Gasteiger partial charge is 0.443 e. The summed E-state index contributed by atoms with van der Waals surface area (Å²) in [6, 6.07) is 6.05. The lowest BCUT2D eigenvalue weighted by Gasteiger charge is -2.30. The Labute approximate surface area is 276 Å². The molecule has 3 heterocycles. The van der Waals surface area contributed by atoms with E-state index in [4.69, 9.17) is 21.2 Å². The molecule has 1 aliphatic heterocycles. The van der Waals surface area contributed by atoms with E-state index in [0.717, 1.165) is 41.5 Å². The molecule has 248 valence electrons. The summed E-state index contributed by atoms with van der Waals surface area (Å²) in [5.74, 6) is 3.54. The van der Waals surface area contributed by atoms with Crippen molar-refractivity contribution in [1.82, 2.24) is 24.6 Å². The SMILES string of the molecule is CNC(=O)C12CC1C(c1cc(/C=C(\F)c3cnc(ON(N)c4ncccc4N)cn3)ccc1F)N=C(N(SF)C(=O)OC(C)(C)C)S2. The first kappa shape index (κ1) is 33.8. The summed E-state index contributed by atoms with van der Waals surface area (Å²) in [6.07, 6.45) is 4.06. The van der Waals surface area contributed by atoms with E-state index in [2.05, 4.69) is 25.3 Å². The molecule has 0 spiro atoms. The van der Waals surface area contributed by atoms with Crippen LogP contribution in [0.25, 0.3) is 11.9 Å². The van der Waals surface area contributed by atoms with Gasteiger partial charge in [0.15, 0.2) is 23.3 Å². The Hall–Kier alpha value is -4.55. The molecule has 3 atom stereocenters. The highest BCUT2D eigenvalue weighted by Gasteiger charge is 2.67. The van der Waals surface area contributed by atoms with Gasteiger partial charge in [0.25, 0.3) is 5.88 Å². The summed E-state index contributed by atoms with van der Waals surface area (Å²) in [4.78, 5) is 47.7. The smallest absolute Gasteiger partial charge is 0.428 e. The molecule has 13 nitrogen and oxygen atoms in total. The predicted octanol–water partition coefficient (Wildman–Crippen LogP) is 5.15. The summed E-state index contributed by atoms with van der Waals surface area (Å²) in [6.45, 7) is 4.84. The third-order valence-electron chi connectivity index (χ3n) is 7.00. The molecule has 5 N–H and O–H groups in total. The lowest BCUT2D eigenvalue weighted by molar-refractivity contribution is -0.121. The molecule has 3 aromatic rings. The van der Waals surface area contributed by atoms with Crippen molar-refractivity contribution < 1.29 is 31.8 Å². The zero-order valence-electron chi connectivity index (χ0n) is 25.5. The number of amidine groups is 1. The first-order chi connectivity index (χ1) is 22.3. The molecule has 3 unspecified atom stereocenters. The monoisotopic (exact) mass is 689 g/mol. The number of anilines is 2. The molecule has 2 aromatic heterocycles. The van der Waals surface area contributed by atoms with Crippen LogP contribution in [0.5, 0.6) is 5.88 Å². The van der Waals surface area contributed by atoms with Crippen molar-refractivity contribution in [2.45, 2.75) is 43.6 Å². The first-order valence-corrected chi connectivity index (χ1v) is 15.5. The minimum atomic E-state index is -1.13. The Morgan fingerprint density at radius 1 is 1.21 bits per heavy atom. The maximum atomic E-state index is 15.4. The van der Waals surface area contributed by atoms with Crippen LogP contribution in [0, 0.1) is 11.7 Å². The second-order valence-electron chi connectivity index (χ2n) is 11.4. The van der Waals surface area contributed by atoms with Crippen LogP contribution in [-0.2, 0) is 9.53 Å². The van der Waals surface area contributed by atoms with Crippen LogP contribution >= 0.6 is 24.1 Å². The number of halogens is 3. The molecule has 47 heavy (non-hydrogen) atoms. The zero-order chi connectivity index (χ0) is 34.1. The van der Waals surface area contributed by atoms with E-state index in [1.165, 1.54) is 25.4 Å². The Morgan fingerprint density at radius 3 is 2.62 bits per heavy atom. The van der Waals surface area contributed by atoms with E-state index in [0.29, 0.717) is 4.31 Å². The number of nitrogen functional groups attached to an aromatic ring is 1. The Bertz CT molecular complexity index is 1740. The number of rotatable bonds is 8. The van der Waals surface area contributed by atoms with Crippen molar-refractivity contribution in [2.24, 2.45) is 16.8 Å². The van der Waals surface area contributed by atoms with Gasteiger partial charge >= 0.3 is 6.09 Å². The minimum Gasteiger partial charge on any atom is -0.443 e. The average Bonchev–Trinajstić information content (AvgIpc) is 3.77. The Balaban J connectivity index is 1.41. The van der Waals surface area contributed by atoms with Gasteiger partial charge in [-0.2, -0.15) is 4.31 Å². The summed E-state index contributed by atoms with van der Waals surface area (Å²) in [5.41, 5.74) is 5.25. The lowest BCUT2D eigenvalue weighted by Crippen LogP contribution is -2.41. The van der Waals surface area contributed by atoms with Crippen LogP contribution < -0.4 is 26.9 Å². The summed E-state index contributed by atoms with van der Waals surface area (Å²) >= 11 is 0.470. The second-order valence-corrected chi connectivity index (χ2v) is 13.2. The van der Waals surface area contributed by atoms with E-state index in [-0.39, 0.29) is 51.7 Å². The maximum Gasteiger partial charge on any atom is 0.428 e. The van der Waals surface area contributed by atoms with Crippen molar-refractivity contribution in [3.63, 3.8) is 0 Å². The predicted molar refractivity (Wildman–Crippen MR) is 173 cm³/mol.